The van der Waals surface area contributed by atoms with Crippen LogP contribution in [-0.4, -0.2) is 6.85 Å². The summed E-state index contributed by atoms with van der Waals surface area (Å²) in [5.74, 6) is 2.87. The molecule has 9 aromatic carbocycles. The minimum Gasteiger partial charge on any atom is -0.450 e. The molecule has 0 atom stereocenters. The lowest BCUT2D eigenvalue weighted by molar-refractivity contribution is 0.332. The van der Waals surface area contributed by atoms with Crippen molar-refractivity contribution in [3.63, 3.8) is 0 Å². The van der Waals surface area contributed by atoms with Gasteiger partial charge in [0.25, 0.3) is 0 Å². The molecule has 372 valence electrons. The van der Waals surface area contributed by atoms with Crippen LogP contribution in [0, 0.1) is 6.92 Å². The molecule has 4 heterocycles. The van der Waals surface area contributed by atoms with Gasteiger partial charge in [-0.3, -0.25) is 0 Å². The summed E-state index contributed by atoms with van der Waals surface area (Å²) in [6, 6.07) is 62.0. The fraction of sp³-hybridized carbons (Fsp3) is 0.229. The average molecular weight is 1010 g/mol. The van der Waals surface area contributed by atoms with E-state index in [1.54, 1.807) is 0 Å². The molecule has 76 heavy (non-hydrogen) atoms. The van der Waals surface area contributed by atoms with Gasteiger partial charge in [0.05, 0.1) is 10.4 Å². The number of nitrogens with zero attached hydrogens (tertiary/aromatic N) is 2. The van der Waals surface area contributed by atoms with Crippen LogP contribution in [0.4, 0.5) is 28.4 Å². The summed E-state index contributed by atoms with van der Waals surface area (Å²) in [7, 11) is 0. The number of ether oxygens (including phenoxy) is 2. The molecule has 0 radical (unpaired) electrons. The number of benzene rings is 9. The van der Waals surface area contributed by atoms with Gasteiger partial charge in [0, 0.05) is 60.8 Å². The van der Waals surface area contributed by atoms with Crippen molar-refractivity contribution in [2.75, 3.05) is 9.71 Å². The fourth-order valence-electron chi connectivity index (χ4n) is 14.0. The Hall–Kier alpha value is -7.54. The number of fused-ring (bicyclic) bond motifs is 15. The SMILES string of the molecule is Cc1cc2c(cc1N1c3cc4c(cc3B3c5c1cc1c(c5-c5ccc6c(sc7ccccc76)c5N3c3ccc(C(C)(C)C)cc3-c3ccccc3)-c3ccccc3C1(C)C)Oc1ccccc1O4)C(C)(C)CCC2(C)C. The van der Waals surface area contributed by atoms with Crippen LogP contribution in [0.15, 0.2) is 164 Å². The van der Waals surface area contributed by atoms with Crippen molar-refractivity contribution in [1.29, 1.82) is 0 Å². The van der Waals surface area contributed by atoms with E-state index in [0.29, 0.717) is 5.75 Å². The lowest BCUT2D eigenvalue weighted by atomic mass is 9.42. The summed E-state index contributed by atoms with van der Waals surface area (Å²) in [6.45, 7) is 23.7. The van der Waals surface area contributed by atoms with Crippen molar-refractivity contribution in [2.24, 2.45) is 0 Å². The third-order valence-electron chi connectivity index (χ3n) is 18.2. The van der Waals surface area contributed by atoms with Crippen LogP contribution in [-0.2, 0) is 21.7 Å². The Labute approximate surface area is 451 Å². The minimum atomic E-state index is -0.303. The van der Waals surface area contributed by atoms with Gasteiger partial charge in [0.1, 0.15) is 0 Å². The third kappa shape index (κ3) is 6.31. The topological polar surface area (TPSA) is 24.9 Å². The van der Waals surface area contributed by atoms with Crippen molar-refractivity contribution in [3.8, 4) is 56.4 Å². The van der Waals surface area contributed by atoms with E-state index in [4.69, 9.17) is 9.47 Å². The highest BCUT2D eigenvalue weighted by molar-refractivity contribution is 7.26. The van der Waals surface area contributed by atoms with Crippen LogP contribution in [0.5, 0.6) is 23.0 Å². The van der Waals surface area contributed by atoms with Crippen molar-refractivity contribution in [1.82, 2.24) is 0 Å². The molecule has 2 aliphatic carbocycles. The van der Waals surface area contributed by atoms with Gasteiger partial charge >= 0.3 is 6.85 Å². The largest absolute Gasteiger partial charge is 0.450 e. The second-order valence-electron chi connectivity index (χ2n) is 25.1. The number of hydrogen-bond donors (Lipinski definition) is 0. The molecular formula is C70H61BN2O2S. The number of anilines is 5. The van der Waals surface area contributed by atoms with Crippen molar-refractivity contribution in [3.05, 3.63) is 197 Å². The highest BCUT2D eigenvalue weighted by Crippen LogP contribution is 2.61. The molecule has 15 rings (SSSR count). The summed E-state index contributed by atoms with van der Waals surface area (Å²) in [5.41, 5.74) is 23.9. The quantitative estimate of drug-likeness (QED) is 0.165. The van der Waals surface area contributed by atoms with Gasteiger partial charge < -0.3 is 19.2 Å². The smallest absolute Gasteiger partial charge is 0.333 e. The first kappa shape index (κ1) is 45.8. The first-order valence-electron chi connectivity index (χ1n) is 27.3. The van der Waals surface area contributed by atoms with Gasteiger partial charge in [-0.2, -0.15) is 0 Å². The number of hydrogen-bond acceptors (Lipinski definition) is 5. The maximum absolute atomic E-state index is 7.02. The molecule has 0 unspecified atom stereocenters. The monoisotopic (exact) mass is 1000 g/mol. The van der Waals surface area contributed by atoms with E-state index in [1.807, 2.05) is 35.6 Å². The van der Waals surface area contributed by atoms with Gasteiger partial charge in [0.2, 0.25) is 0 Å². The summed E-state index contributed by atoms with van der Waals surface area (Å²) in [4.78, 5) is 5.40. The molecule has 0 N–H and O–H groups in total. The number of thiophene rings is 1. The molecule has 0 saturated carbocycles. The van der Waals surface area contributed by atoms with Crippen LogP contribution in [0.2, 0.25) is 0 Å². The van der Waals surface area contributed by atoms with Crippen molar-refractivity contribution in [2.45, 2.75) is 104 Å². The molecule has 0 fully saturated rings. The summed E-state index contributed by atoms with van der Waals surface area (Å²) in [5, 5.41) is 2.57. The summed E-state index contributed by atoms with van der Waals surface area (Å²) >= 11 is 1.92. The Bertz CT molecular complexity index is 4170. The highest BCUT2D eigenvalue weighted by atomic mass is 32.1. The van der Waals surface area contributed by atoms with E-state index >= 15 is 0 Å². The van der Waals surface area contributed by atoms with Gasteiger partial charge in [-0.25, -0.2) is 0 Å². The number of aryl methyl sites for hydroxylation is 1. The molecule has 6 heteroatoms. The van der Waals surface area contributed by atoms with E-state index in [9.17, 15) is 0 Å². The lowest BCUT2D eigenvalue weighted by Crippen LogP contribution is -2.62. The van der Waals surface area contributed by atoms with Gasteiger partial charge in [-0.15, -0.1) is 11.3 Å². The Morgan fingerprint density at radius 2 is 1.17 bits per heavy atom. The Kier molecular flexibility index (Phi) is 9.37. The zero-order valence-electron chi connectivity index (χ0n) is 45.2. The highest BCUT2D eigenvalue weighted by Gasteiger charge is 2.51. The van der Waals surface area contributed by atoms with Crippen molar-refractivity contribution >= 4 is 77.7 Å². The zero-order valence-corrected chi connectivity index (χ0v) is 46.0. The zero-order chi connectivity index (χ0) is 51.9. The predicted molar refractivity (Wildman–Crippen MR) is 321 cm³/mol. The predicted octanol–water partition coefficient (Wildman–Crippen LogP) is 18.6. The molecule has 0 amide bonds. The minimum absolute atomic E-state index is 0.00954. The molecule has 0 spiro atoms. The second-order valence-corrected chi connectivity index (χ2v) is 26.2. The molecule has 0 bridgehead atoms. The Morgan fingerprint density at radius 1 is 0.513 bits per heavy atom. The van der Waals surface area contributed by atoms with Crippen LogP contribution < -0.4 is 30.1 Å². The first-order valence-corrected chi connectivity index (χ1v) is 28.1. The molecular weight excluding hydrogens is 944 g/mol. The molecule has 10 aromatic rings. The van der Waals surface area contributed by atoms with Crippen molar-refractivity contribution < 1.29 is 9.47 Å². The molecule has 3 aliphatic heterocycles. The molecule has 1 aromatic heterocycles. The van der Waals surface area contributed by atoms with E-state index in [0.717, 1.165) is 35.8 Å². The van der Waals surface area contributed by atoms with Crippen LogP contribution in [0.3, 0.4) is 0 Å². The average Bonchev–Trinajstić information content (AvgIpc) is 3.92. The van der Waals surface area contributed by atoms with Gasteiger partial charge in [0.15, 0.2) is 23.0 Å². The van der Waals surface area contributed by atoms with Crippen LogP contribution >= 0.6 is 11.3 Å². The number of rotatable bonds is 3. The van der Waals surface area contributed by atoms with E-state index < -0.39 is 0 Å². The Morgan fingerprint density at radius 3 is 1.92 bits per heavy atom. The van der Waals surface area contributed by atoms with E-state index in [-0.39, 0.29) is 28.5 Å². The van der Waals surface area contributed by atoms with E-state index in [2.05, 4.69) is 218 Å². The third-order valence-corrected chi connectivity index (χ3v) is 19.4. The second kappa shape index (κ2) is 15.5. The van der Waals surface area contributed by atoms with E-state index in [1.165, 1.54) is 121 Å². The summed E-state index contributed by atoms with van der Waals surface area (Å²) in [6.07, 6.45) is 2.28. The van der Waals surface area contributed by atoms with Crippen LogP contribution in [0.25, 0.3) is 53.6 Å². The first-order chi connectivity index (χ1) is 36.5. The van der Waals surface area contributed by atoms with Crippen LogP contribution in [0.1, 0.15) is 109 Å². The maximum atomic E-state index is 7.02. The van der Waals surface area contributed by atoms with Gasteiger partial charge in [-0.1, -0.05) is 172 Å². The molecule has 4 nitrogen and oxygen atoms in total. The lowest BCUT2D eigenvalue weighted by Gasteiger charge is -2.48. The Balaban J connectivity index is 1.14. The standard InChI is InChI=1S/C70H61BN2O2S/c1-40-34-49-50(69(7,8)33-32-68(49,5)6)36-54(40)72-55-39-60-59(74-57-25-17-18-26-58(57)75-60)38-52(55)71-64-56(72)37-51-62(45-23-14-16-24-48(45)70(51,9)10)63(64)46-30-29-44-43-22-15-19-27-61(43)76-66(44)65(46)73(71)53-31-28-42(67(2,3)4)35-47(53)41-20-12-11-13-21-41/h11-31,34-39H,32-33H2,1-10H3. The van der Waals surface area contributed by atoms with Gasteiger partial charge in [-0.05, 0) is 151 Å². The number of para-hydroxylation sites is 2. The molecule has 5 aliphatic rings. The fourth-order valence-corrected chi connectivity index (χ4v) is 15.3. The summed E-state index contributed by atoms with van der Waals surface area (Å²) < 4.78 is 16.6. The maximum Gasteiger partial charge on any atom is 0.333 e. The normalized spacial score (nSPS) is 16.6. The molecule has 0 saturated heterocycles.